The maximum Gasteiger partial charge on any atom is 0.261 e. The molecule has 0 bridgehead atoms. The normalized spacial score (nSPS) is 11.6. The summed E-state index contributed by atoms with van der Waals surface area (Å²) in [4.78, 5) is 53.4. The fourth-order valence-electron chi connectivity index (χ4n) is 4.08. The molecule has 0 spiro atoms. The zero-order valence-corrected chi connectivity index (χ0v) is 26.1. The number of nitrogens with zero attached hydrogens (tertiary/aromatic N) is 2. The standard InChI is InChI=1S/C30H58N4O6/c1-6-10-20-33(21-11-7-2)27(36)25-40-24-26(35)31-18-16-14-15-17-19-32-29(37)28(39-5)30(38)34(22-12-8-3)23-13-9-4/h28H,6-25H2,1-5H3,(H,31,35)(H,32,37). The largest absolute Gasteiger partial charge is 0.362 e. The second-order valence-corrected chi connectivity index (χ2v) is 10.3. The molecule has 0 heterocycles. The van der Waals surface area contributed by atoms with Crippen molar-refractivity contribution in [3.63, 3.8) is 0 Å². The lowest BCUT2D eigenvalue weighted by Crippen LogP contribution is -2.49. The highest BCUT2D eigenvalue weighted by Crippen LogP contribution is 2.06. The molecule has 1 atom stereocenters. The molecule has 0 rings (SSSR count). The third kappa shape index (κ3) is 18.2. The highest BCUT2D eigenvalue weighted by molar-refractivity contribution is 6.03. The molecule has 0 radical (unpaired) electrons. The maximum atomic E-state index is 12.9. The van der Waals surface area contributed by atoms with E-state index < -0.39 is 12.0 Å². The van der Waals surface area contributed by atoms with E-state index in [1.807, 2.05) is 4.90 Å². The summed E-state index contributed by atoms with van der Waals surface area (Å²) in [6.45, 7) is 11.9. The molecule has 0 aliphatic heterocycles. The molecular formula is C30H58N4O6. The van der Waals surface area contributed by atoms with Crippen LogP contribution in [0.25, 0.3) is 0 Å². The Morgan fingerprint density at radius 2 is 1.10 bits per heavy atom. The first kappa shape index (κ1) is 37.8. The fourth-order valence-corrected chi connectivity index (χ4v) is 4.08. The van der Waals surface area contributed by atoms with Gasteiger partial charge in [-0.3, -0.25) is 19.2 Å². The van der Waals surface area contributed by atoms with Crippen molar-refractivity contribution in [1.29, 1.82) is 0 Å². The van der Waals surface area contributed by atoms with Crippen LogP contribution in [0.4, 0.5) is 0 Å². The average molecular weight is 571 g/mol. The maximum absolute atomic E-state index is 12.9. The molecule has 10 nitrogen and oxygen atoms in total. The number of carbonyl (C=O) groups excluding carboxylic acids is 4. The molecule has 234 valence electrons. The number of hydrogen-bond donors (Lipinski definition) is 2. The molecule has 1 unspecified atom stereocenters. The van der Waals surface area contributed by atoms with Gasteiger partial charge in [0.25, 0.3) is 11.8 Å². The molecule has 0 fully saturated rings. The minimum atomic E-state index is -1.11. The lowest BCUT2D eigenvalue weighted by atomic mass is 10.2. The number of methoxy groups -OCH3 is 1. The van der Waals surface area contributed by atoms with Crippen LogP contribution >= 0.6 is 0 Å². The van der Waals surface area contributed by atoms with Crippen LogP contribution in [0.1, 0.15) is 105 Å². The molecule has 0 aliphatic carbocycles. The Bertz CT molecular complexity index is 675. The highest BCUT2D eigenvalue weighted by Gasteiger charge is 2.30. The van der Waals surface area contributed by atoms with Crippen LogP contribution in [0, 0.1) is 0 Å². The van der Waals surface area contributed by atoms with E-state index in [9.17, 15) is 19.2 Å². The van der Waals surface area contributed by atoms with Gasteiger partial charge >= 0.3 is 0 Å². The number of hydrogen-bond acceptors (Lipinski definition) is 6. The Morgan fingerprint density at radius 3 is 1.57 bits per heavy atom. The van der Waals surface area contributed by atoms with Gasteiger partial charge in [-0.25, -0.2) is 0 Å². The van der Waals surface area contributed by atoms with Crippen molar-refractivity contribution in [2.45, 2.75) is 111 Å². The van der Waals surface area contributed by atoms with Gasteiger partial charge in [0.15, 0.2) is 0 Å². The van der Waals surface area contributed by atoms with Gasteiger partial charge in [0, 0.05) is 46.4 Å². The first-order valence-electron chi connectivity index (χ1n) is 15.6. The number of nitrogens with one attached hydrogen (secondary N) is 2. The molecule has 0 aromatic rings. The van der Waals surface area contributed by atoms with E-state index in [0.717, 1.165) is 90.1 Å². The predicted octanol–water partition coefficient (Wildman–Crippen LogP) is 3.67. The Balaban J connectivity index is 4.10. The third-order valence-electron chi connectivity index (χ3n) is 6.67. The number of rotatable bonds is 26. The van der Waals surface area contributed by atoms with Gasteiger partial charge in [0.05, 0.1) is 0 Å². The summed E-state index contributed by atoms with van der Waals surface area (Å²) in [5.41, 5.74) is 0. The van der Waals surface area contributed by atoms with Gasteiger partial charge in [0.2, 0.25) is 17.9 Å². The van der Waals surface area contributed by atoms with Crippen molar-refractivity contribution in [3.05, 3.63) is 0 Å². The van der Waals surface area contributed by atoms with E-state index in [-0.39, 0.29) is 30.9 Å². The zero-order valence-electron chi connectivity index (χ0n) is 26.1. The van der Waals surface area contributed by atoms with Crippen molar-refractivity contribution in [1.82, 2.24) is 20.4 Å². The summed E-state index contributed by atoms with van der Waals surface area (Å²) in [6, 6.07) is 0. The second kappa shape index (κ2) is 25.7. The lowest BCUT2D eigenvalue weighted by molar-refractivity contribution is -0.150. The quantitative estimate of drug-likeness (QED) is 0.121. The smallest absolute Gasteiger partial charge is 0.261 e. The monoisotopic (exact) mass is 570 g/mol. The van der Waals surface area contributed by atoms with Crippen molar-refractivity contribution in [2.75, 3.05) is 59.6 Å². The highest BCUT2D eigenvalue weighted by atomic mass is 16.5. The fraction of sp³-hybridized carbons (Fsp3) is 0.867. The van der Waals surface area contributed by atoms with Crippen LogP contribution in [0.15, 0.2) is 0 Å². The van der Waals surface area contributed by atoms with Gasteiger partial charge < -0.3 is 29.9 Å². The summed E-state index contributed by atoms with van der Waals surface area (Å²) in [6.07, 6.45) is 10.0. The SMILES string of the molecule is CCCCN(CCCC)C(=O)COCC(=O)NCCCCCCNC(=O)C(OC)C(=O)N(CCCC)CCCC. The number of unbranched alkanes of at least 4 members (excludes halogenated alkanes) is 7. The van der Waals surface area contributed by atoms with Crippen LogP contribution in [0.3, 0.4) is 0 Å². The second-order valence-electron chi connectivity index (χ2n) is 10.3. The van der Waals surface area contributed by atoms with Crippen molar-refractivity contribution >= 4 is 23.6 Å². The van der Waals surface area contributed by atoms with Gasteiger partial charge in [-0.2, -0.15) is 0 Å². The van der Waals surface area contributed by atoms with E-state index in [1.54, 1.807) is 4.90 Å². The molecule has 0 aromatic carbocycles. The first-order chi connectivity index (χ1) is 19.4. The molecule has 40 heavy (non-hydrogen) atoms. The average Bonchev–Trinajstić information content (AvgIpc) is 2.94. The minimum Gasteiger partial charge on any atom is -0.362 e. The van der Waals surface area contributed by atoms with Gasteiger partial charge in [-0.1, -0.05) is 66.2 Å². The van der Waals surface area contributed by atoms with Gasteiger partial charge in [-0.05, 0) is 38.5 Å². The van der Waals surface area contributed by atoms with Crippen LogP contribution < -0.4 is 10.6 Å². The van der Waals surface area contributed by atoms with Crippen LogP contribution in [0.5, 0.6) is 0 Å². The summed E-state index contributed by atoms with van der Waals surface area (Å²) in [5, 5.41) is 5.65. The Labute approximate surface area is 243 Å². The molecule has 0 aromatic heterocycles. The predicted molar refractivity (Wildman–Crippen MR) is 159 cm³/mol. The summed E-state index contributed by atoms with van der Waals surface area (Å²) in [5.74, 6) is -0.949. The number of ether oxygens (including phenoxy) is 2. The van der Waals surface area contributed by atoms with Crippen molar-refractivity contribution < 1.29 is 28.7 Å². The van der Waals surface area contributed by atoms with E-state index in [1.165, 1.54) is 7.11 Å². The van der Waals surface area contributed by atoms with Gasteiger partial charge in [-0.15, -0.1) is 0 Å². The van der Waals surface area contributed by atoms with Crippen molar-refractivity contribution in [2.24, 2.45) is 0 Å². The first-order valence-corrected chi connectivity index (χ1v) is 15.6. The summed E-state index contributed by atoms with van der Waals surface area (Å²) >= 11 is 0. The number of amides is 4. The molecule has 2 N–H and O–H groups in total. The molecule has 0 saturated carbocycles. The molecule has 0 saturated heterocycles. The molecule has 10 heteroatoms. The molecule has 4 amide bonds. The van der Waals surface area contributed by atoms with Gasteiger partial charge in [0.1, 0.15) is 13.2 Å². The van der Waals surface area contributed by atoms with Crippen LogP contribution in [0.2, 0.25) is 0 Å². The molecular weight excluding hydrogens is 512 g/mol. The Kier molecular flexibility index (Phi) is 24.3. The van der Waals surface area contributed by atoms with Crippen molar-refractivity contribution in [3.8, 4) is 0 Å². The lowest BCUT2D eigenvalue weighted by Gasteiger charge is -2.26. The molecule has 0 aliphatic rings. The van der Waals surface area contributed by atoms with E-state index >= 15 is 0 Å². The Hall–Kier alpha value is -2.20. The zero-order chi connectivity index (χ0) is 30.0. The minimum absolute atomic E-state index is 0.0618. The topological polar surface area (TPSA) is 117 Å². The Morgan fingerprint density at radius 1 is 0.625 bits per heavy atom. The van der Waals surface area contributed by atoms with E-state index in [4.69, 9.17) is 9.47 Å². The number of carbonyl (C=O) groups is 4. The van der Waals surface area contributed by atoms with E-state index in [0.29, 0.717) is 26.2 Å². The summed E-state index contributed by atoms with van der Waals surface area (Å²) < 4.78 is 10.6. The van der Waals surface area contributed by atoms with E-state index in [2.05, 4.69) is 38.3 Å². The summed E-state index contributed by atoms with van der Waals surface area (Å²) in [7, 11) is 1.40. The van der Waals surface area contributed by atoms with Crippen LogP contribution in [-0.4, -0.2) is 99.1 Å². The third-order valence-corrected chi connectivity index (χ3v) is 6.67. The van der Waals surface area contributed by atoms with Crippen LogP contribution in [-0.2, 0) is 28.7 Å².